The fraction of sp³-hybridized carbons (Fsp3) is 0.667. The largest absolute Gasteiger partial charge is 0.489 e. The van der Waals surface area contributed by atoms with E-state index < -0.39 is 0 Å². The van der Waals surface area contributed by atoms with Gasteiger partial charge in [-0.25, -0.2) is 0 Å². The Morgan fingerprint density at radius 1 is 1.39 bits per heavy atom. The second-order valence-electron chi connectivity index (χ2n) is 5.28. The smallest absolute Gasteiger partial charge is 0.138 e. The van der Waals surface area contributed by atoms with Crippen LogP contribution in [0.15, 0.2) is 18.3 Å². The third-order valence-electron chi connectivity index (χ3n) is 3.54. The van der Waals surface area contributed by atoms with Gasteiger partial charge in [-0.05, 0) is 43.9 Å². The molecule has 0 amide bonds. The first-order chi connectivity index (χ1) is 8.78. The number of aromatic nitrogens is 1. The molecule has 3 heteroatoms. The van der Waals surface area contributed by atoms with E-state index in [1.807, 2.05) is 18.3 Å². The van der Waals surface area contributed by atoms with Gasteiger partial charge in [0.2, 0.25) is 0 Å². The number of hydrogen-bond donors (Lipinski definition) is 1. The highest BCUT2D eigenvalue weighted by atomic mass is 16.5. The highest BCUT2D eigenvalue weighted by Crippen LogP contribution is 2.27. The van der Waals surface area contributed by atoms with Crippen molar-refractivity contribution >= 4 is 0 Å². The van der Waals surface area contributed by atoms with Crippen LogP contribution >= 0.6 is 0 Å². The Bertz CT molecular complexity index is 350. The molecule has 1 aromatic heterocycles. The molecule has 1 aliphatic carbocycles. The molecule has 1 aromatic rings. The Labute approximate surface area is 110 Å². The minimum Gasteiger partial charge on any atom is -0.489 e. The third-order valence-corrected chi connectivity index (χ3v) is 3.54. The van der Waals surface area contributed by atoms with Gasteiger partial charge in [0.25, 0.3) is 0 Å². The van der Waals surface area contributed by atoms with E-state index in [0.29, 0.717) is 6.10 Å². The standard InChI is InChI=1S/C15H24N2O/c1-3-16-10-13-7-8-15(11-17-13)18-14-6-4-5-12(2)9-14/h7-8,11-12,14,16H,3-6,9-10H2,1-2H3. The van der Waals surface area contributed by atoms with Crippen LogP contribution < -0.4 is 10.1 Å². The van der Waals surface area contributed by atoms with E-state index in [2.05, 4.69) is 24.1 Å². The van der Waals surface area contributed by atoms with Crippen LogP contribution in [-0.4, -0.2) is 17.6 Å². The summed E-state index contributed by atoms with van der Waals surface area (Å²) >= 11 is 0. The van der Waals surface area contributed by atoms with E-state index in [4.69, 9.17) is 4.74 Å². The summed E-state index contributed by atoms with van der Waals surface area (Å²) in [6.45, 7) is 6.21. The molecule has 0 aromatic carbocycles. The number of nitrogens with zero attached hydrogens (tertiary/aromatic N) is 1. The molecule has 2 unspecified atom stereocenters. The Kier molecular flexibility index (Phi) is 5.00. The van der Waals surface area contributed by atoms with Gasteiger partial charge in [-0.1, -0.05) is 20.3 Å². The number of ether oxygens (including phenoxy) is 1. The van der Waals surface area contributed by atoms with Crippen molar-refractivity contribution < 1.29 is 4.74 Å². The van der Waals surface area contributed by atoms with Gasteiger partial charge in [-0.3, -0.25) is 4.98 Å². The summed E-state index contributed by atoms with van der Waals surface area (Å²) in [5.74, 6) is 1.71. The average molecular weight is 248 g/mol. The number of hydrogen-bond acceptors (Lipinski definition) is 3. The summed E-state index contributed by atoms with van der Waals surface area (Å²) in [5.41, 5.74) is 1.07. The topological polar surface area (TPSA) is 34.1 Å². The molecule has 0 radical (unpaired) electrons. The van der Waals surface area contributed by atoms with Crippen LogP contribution in [0.2, 0.25) is 0 Å². The summed E-state index contributed by atoms with van der Waals surface area (Å²) < 4.78 is 6.00. The fourth-order valence-electron chi connectivity index (χ4n) is 2.52. The first kappa shape index (κ1) is 13.3. The van der Waals surface area contributed by atoms with Gasteiger partial charge in [-0.2, -0.15) is 0 Å². The Hall–Kier alpha value is -1.09. The highest BCUT2D eigenvalue weighted by molar-refractivity contribution is 5.20. The molecule has 3 nitrogen and oxygen atoms in total. The molecule has 1 saturated carbocycles. The van der Waals surface area contributed by atoms with E-state index in [0.717, 1.165) is 30.5 Å². The maximum Gasteiger partial charge on any atom is 0.138 e. The van der Waals surface area contributed by atoms with Crippen molar-refractivity contribution in [1.29, 1.82) is 0 Å². The lowest BCUT2D eigenvalue weighted by molar-refractivity contribution is 0.128. The van der Waals surface area contributed by atoms with Gasteiger partial charge in [0, 0.05) is 6.54 Å². The molecule has 0 aliphatic heterocycles. The molecule has 1 fully saturated rings. The summed E-state index contributed by atoms with van der Waals surface area (Å²) in [7, 11) is 0. The Morgan fingerprint density at radius 2 is 2.28 bits per heavy atom. The highest BCUT2D eigenvalue weighted by Gasteiger charge is 2.20. The SMILES string of the molecule is CCNCc1ccc(OC2CCCC(C)C2)cn1. The van der Waals surface area contributed by atoms with Crippen molar-refractivity contribution in [3.63, 3.8) is 0 Å². The van der Waals surface area contributed by atoms with Gasteiger partial charge >= 0.3 is 0 Å². The van der Waals surface area contributed by atoms with E-state index in [1.54, 1.807) is 0 Å². The molecule has 18 heavy (non-hydrogen) atoms. The molecule has 100 valence electrons. The summed E-state index contributed by atoms with van der Waals surface area (Å²) in [6.07, 6.45) is 7.24. The molecular weight excluding hydrogens is 224 g/mol. The second kappa shape index (κ2) is 6.74. The lowest BCUT2D eigenvalue weighted by Gasteiger charge is -2.27. The molecule has 0 bridgehead atoms. The predicted molar refractivity (Wildman–Crippen MR) is 73.7 cm³/mol. The molecule has 1 N–H and O–H groups in total. The zero-order valence-corrected chi connectivity index (χ0v) is 11.5. The van der Waals surface area contributed by atoms with Crippen LogP contribution in [0.1, 0.15) is 45.2 Å². The van der Waals surface area contributed by atoms with Crippen LogP contribution in [0.3, 0.4) is 0 Å². The van der Waals surface area contributed by atoms with Crippen LogP contribution in [0.4, 0.5) is 0 Å². The number of pyridine rings is 1. The lowest BCUT2D eigenvalue weighted by Crippen LogP contribution is -2.24. The van der Waals surface area contributed by atoms with E-state index in [9.17, 15) is 0 Å². The number of rotatable bonds is 5. The normalized spacial score (nSPS) is 23.9. The zero-order chi connectivity index (χ0) is 12.8. The molecule has 0 saturated heterocycles. The second-order valence-corrected chi connectivity index (χ2v) is 5.28. The minimum absolute atomic E-state index is 0.384. The molecule has 0 spiro atoms. The monoisotopic (exact) mass is 248 g/mol. The van der Waals surface area contributed by atoms with Gasteiger partial charge < -0.3 is 10.1 Å². The molecule has 1 aliphatic rings. The van der Waals surface area contributed by atoms with Crippen molar-refractivity contribution in [1.82, 2.24) is 10.3 Å². The van der Waals surface area contributed by atoms with Gasteiger partial charge in [0.1, 0.15) is 5.75 Å². The zero-order valence-electron chi connectivity index (χ0n) is 11.5. The maximum absolute atomic E-state index is 6.00. The van der Waals surface area contributed by atoms with Gasteiger partial charge in [-0.15, -0.1) is 0 Å². The van der Waals surface area contributed by atoms with Crippen LogP contribution in [-0.2, 0) is 6.54 Å². The summed E-state index contributed by atoms with van der Waals surface area (Å²) in [6, 6.07) is 4.09. The predicted octanol–water partition coefficient (Wildman–Crippen LogP) is 3.15. The molecule has 2 rings (SSSR count). The third kappa shape index (κ3) is 3.98. The maximum atomic E-state index is 6.00. The van der Waals surface area contributed by atoms with Crippen LogP contribution in [0, 0.1) is 5.92 Å². The Balaban J connectivity index is 1.85. The van der Waals surface area contributed by atoms with Crippen molar-refractivity contribution in [2.24, 2.45) is 5.92 Å². The van der Waals surface area contributed by atoms with E-state index in [-0.39, 0.29) is 0 Å². The van der Waals surface area contributed by atoms with Gasteiger partial charge in [0.05, 0.1) is 18.0 Å². The van der Waals surface area contributed by atoms with Gasteiger partial charge in [0.15, 0.2) is 0 Å². The molecular formula is C15H24N2O. The molecule has 1 heterocycles. The van der Waals surface area contributed by atoms with Crippen LogP contribution in [0.25, 0.3) is 0 Å². The van der Waals surface area contributed by atoms with Crippen molar-refractivity contribution in [3.8, 4) is 5.75 Å². The summed E-state index contributed by atoms with van der Waals surface area (Å²) in [5, 5.41) is 3.27. The van der Waals surface area contributed by atoms with E-state index in [1.165, 1.54) is 25.7 Å². The van der Waals surface area contributed by atoms with Crippen molar-refractivity contribution in [2.75, 3.05) is 6.54 Å². The lowest BCUT2D eigenvalue weighted by atomic mass is 9.89. The number of nitrogens with one attached hydrogen (secondary N) is 1. The van der Waals surface area contributed by atoms with Crippen molar-refractivity contribution in [3.05, 3.63) is 24.0 Å². The van der Waals surface area contributed by atoms with Crippen LogP contribution in [0.5, 0.6) is 5.75 Å². The molecule has 2 atom stereocenters. The quantitative estimate of drug-likeness (QED) is 0.869. The minimum atomic E-state index is 0.384. The first-order valence-corrected chi connectivity index (χ1v) is 7.10. The Morgan fingerprint density at radius 3 is 2.94 bits per heavy atom. The average Bonchev–Trinajstić information content (AvgIpc) is 2.38. The first-order valence-electron chi connectivity index (χ1n) is 7.10. The fourth-order valence-corrected chi connectivity index (χ4v) is 2.52. The van der Waals surface area contributed by atoms with E-state index >= 15 is 0 Å². The summed E-state index contributed by atoms with van der Waals surface area (Å²) in [4.78, 5) is 4.41. The van der Waals surface area contributed by atoms with Crippen molar-refractivity contribution in [2.45, 2.75) is 52.2 Å².